The average molecular weight is 269 g/mol. The molecular formula is C13H19NO3S. The number of methoxy groups -OCH3 is 1. The highest BCUT2D eigenvalue weighted by atomic mass is 32.1. The zero-order chi connectivity index (χ0) is 13.0. The summed E-state index contributed by atoms with van der Waals surface area (Å²) in [4.78, 5) is 13.0. The minimum atomic E-state index is -0.288. The summed E-state index contributed by atoms with van der Waals surface area (Å²) in [7, 11) is 1.39. The lowest BCUT2D eigenvalue weighted by atomic mass is 9.92. The molecule has 1 aromatic heterocycles. The van der Waals surface area contributed by atoms with Gasteiger partial charge in [0.25, 0.3) is 0 Å². The molecule has 0 spiro atoms. The number of carbonyl (C=O) groups excluding carboxylic acids is 1. The van der Waals surface area contributed by atoms with Crippen LogP contribution in [0.5, 0.6) is 0 Å². The monoisotopic (exact) mass is 269 g/mol. The molecule has 100 valence electrons. The first-order valence-electron chi connectivity index (χ1n) is 6.29. The minimum Gasteiger partial charge on any atom is -0.465 e. The Morgan fingerprint density at radius 1 is 1.50 bits per heavy atom. The second kappa shape index (κ2) is 6.31. The summed E-state index contributed by atoms with van der Waals surface area (Å²) in [6.07, 6.45) is 3.96. The fraction of sp³-hybridized carbons (Fsp3) is 0.615. The molecule has 0 amide bonds. The lowest BCUT2D eigenvalue weighted by molar-refractivity contribution is 0.0606. The van der Waals surface area contributed by atoms with Gasteiger partial charge in [-0.15, -0.1) is 11.3 Å². The molecule has 2 atom stereocenters. The molecule has 2 unspecified atom stereocenters. The van der Waals surface area contributed by atoms with Crippen molar-refractivity contribution in [3.05, 3.63) is 21.9 Å². The molecule has 1 saturated carbocycles. The fourth-order valence-electron chi connectivity index (χ4n) is 2.26. The normalized spacial score (nSPS) is 23.9. The van der Waals surface area contributed by atoms with Crippen LogP contribution in [0, 0.1) is 0 Å². The molecular weight excluding hydrogens is 250 g/mol. The second-order valence-corrected chi connectivity index (χ2v) is 5.77. The van der Waals surface area contributed by atoms with Crippen molar-refractivity contribution >= 4 is 17.3 Å². The summed E-state index contributed by atoms with van der Waals surface area (Å²) in [6, 6.07) is 3.90. The van der Waals surface area contributed by atoms with Crippen molar-refractivity contribution in [1.82, 2.24) is 5.32 Å². The zero-order valence-corrected chi connectivity index (χ0v) is 11.3. The van der Waals surface area contributed by atoms with E-state index in [1.165, 1.54) is 24.9 Å². The fourth-order valence-corrected chi connectivity index (χ4v) is 3.14. The van der Waals surface area contributed by atoms with Gasteiger partial charge in [-0.2, -0.15) is 0 Å². The molecule has 0 aliphatic heterocycles. The van der Waals surface area contributed by atoms with Gasteiger partial charge in [-0.25, -0.2) is 4.79 Å². The van der Waals surface area contributed by atoms with Gasteiger partial charge in [0.1, 0.15) is 4.88 Å². The van der Waals surface area contributed by atoms with Gasteiger partial charge in [-0.1, -0.05) is 12.8 Å². The third-order valence-corrected chi connectivity index (χ3v) is 4.38. The Morgan fingerprint density at radius 2 is 2.28 bits per heavy atom. The van der Waals surface area contributed by atoms with E-state index in [9.17, 15) is 9.90 Å². The van der Waals surface area contributed by atoms with Gasteiger partial charge in [-0.05, 0) is 25.0 Å². The van der Waals surface area contributed by atoms with Gasteiger partial charge in [0.05, 0.1) is 13.2 Å². The van der Waals surface area contributed by atoms with Crippen LogP contribution in [0.25, 0.3) is 0 Å². The van der Waals surface area contributed by atoms with E-state index < -0.39 is 0 Å². The van der Waals surface area contributed by atoms with Crippen LogP contribution in [0.15, 0.2) is 12.1 Å². The number of aliphatic hydroxyl groups is 1. The molecule has 2 rings (SSSR count). The summed E-state index contributed by atoms with van der Waals surface area (Å²) in [6.45, 7) is 0.698. The largest absolute Gasteiger partial charge is 0.465 e. The van der Waals surface area contributed by atoms with Crippen molar-refractivity contribution in [2.24, 2.45) is 0 Å². The number of ether oxygens (including phenoxy) is 1. The highest BCUT2D eigenvalue weighted by Gasteiger charge is 2.22. The van der Waals surface area contributed by atoms with E-state index in [4.69, 9.17) is 0 Å². The average Bonchev–Trinajstić information content (AvgIpc) is 2.86. The lowest BCUT2D eigenvalue weighted by Crippen LogP contribution is -2.41. The van der Waals surface area contributed by atoms with E-state index >= 15 is 0 Å². The van der Waals surface area contributed by atoms with Gasteiger partial charge in [0.15, 0.2) is 0 Å². The minimum absolute atomic E-state index is 0.183. The van der Waals surface area contributed by atoms with Gasteiger partial charge in [0.2, 0.25) is 0 Å². The van der Waals surface area contributed by atoms with Crippen LogP contribution < -0.4 is 5.32 Å². The Kier molecular flexibility index (Phi) is 4.74. The molecule has 4 nitrogen and oxygen atoms in total. The van der Waals surface area contributed by atoms with Crippen molar-refractivity contribution in [3.8, 4) is 0 Å². The summed E-state index contributed by atoms with van der Waals surface area (Å²) in [5, 5.41) is 13.2. The van der Waals surface area contributed by atoms with E-state index in [0.717, 1.165) is 24.1 Å². The van der Waals surface area contributed by atoms with E-state index in [-0.39, 0.29) is 18.1 Å². The van der Waals surface area contributed by atoms with Crippen LogP contribution >= 0.6 is 11.3 Å². The molecule has 0 bridgehead atoms. The highest BCUT2D eigenvalue weighted by Crippen LogP contribution is 2.21. The van der Waals surface area contributed by atoms with E-state index in [1.54, 1.807) is 6.07 Å². The Balaban J connectivity index is 1.86. The van der Waals surface area contributed by atoms with Crippen LogP contribution in [0.3, 0.4) is 0 Å². The van der Waals surface area contributed by atoms with Gasteiger partial charge < -0.3 is 15.2 Å². The van der Waals surface area contributed by atoms with Gasteiger partial charge in [0, 0.05) is 17.5 Å². The number of rotatable bonds is 4. The first kappa shape index (κ1) is 13.5. The van der Waals surface area contributed by atoms with E-state index in [2.05, 4.69) is 10.1 Å². The van der Waals surface area contributed by atoms with E-state index in [1.807, 2.05) is 6.07 Å². The molecule has 1 aliphatic carbocycles. The summed E-state index contributed by atoms with van der Waals surface area (Å²) < 4.78 is 4.67. The van der Waals surface area contributed by atoms with Crippen LogP contribution in [0.1, 0.15) is 40.2 Å². The SMILES string of the molecule is COC(=O)c1ccc(CNC2CCCCC2O)s1. The number of hydrogen-bond acceptors (Lipinski definition) is 5. The maximum Gasteiger partial charge on any atom is 0.348 e. The third-order valence-electron chi connectivity index (χ3n) is 3.32. The van der Waals surface area contributed by atoms with Crippen molar-refractivity contribution in [2.75, 3.05) is 7.11 Å². The Bertz CT molecular complexity index is 405. The molecule has 1 fully saturated rings. The van der Waals surface area contributed by atoms with Crippen molar-refractivity contribution in [2.45, 2.75) is 44.4 Å². The number of esters is 1. The topological polar surface area (TPSA) is 58.6 Å². The van der Waals surface area contributed by atoms with Crippen LogP contribution in [-0.2, 0) is 11.3 Å². The van der Waals surface area contributed by atoms with Crippen molar-refractivity contribution in [1.29, 1.82) is 0 Å². The van der Waals surface area contributed by atoms with Gasteiger partial charge >= 0.3 is 5.97 Å². The smallest absolute Gasteiger partial charge is 0.348 e. The highest BCUT2D eigenvalue weighted by molar-refractivity contribution is 7.13. The second-order valence-electron chi connectivity index (χ2n) is 4.60. The Labute approximate surface area is 111 Å². The number of aliphatic hydroxyl groups excluding tert-OH is 1. The van der Waals surface area contributed by atoms with Crippen LogP contribution in [0.2, 0.25) is 0 Å². The summed E-state index contributed by atoms with van der Waals surface area (Å²) in [5.41, 5.74) is 0. The van der Waals surface area contributed by atoms with Gasteiger partial charge in [-0.3, -0.25) is 0 Å². The van der Waals surface area contributed by atoms with Crippen LogP contribution in [0.4, 0.5) is 0 Å². The standard InChI is InChI=1S/C13H19NO3S/c1-17-13(16)12-7-6-9(18-12)8-14-10-4-2-3-5-11(10)15/h6-7,10-11,14-15H,2-5,8H2,1H3. The quantitative estimate of drug-likeness (QED) is 0.820. The molecule has 5 heteroatoms. The predicted molar refractivity (Wildman–Crippen MR) is 70.8 cm³/mol. The first-order valence-corrected chi connectivity index (χ1v) is 7.11. The Hall–Kier alpha value is -0.910. The summed E-state index contributed by atoms with van der Waals surface area (Å²) in [5.74, 6) is -0.288. The number of thiophene rings is 1. The first-order chi connectivity index (χ1) is 8.70. The van der Waals surface area contributed by atoms with Crippen molar-refractivity contribution < 1.29 is 14.6 Å². The Morgan fingerprint density at radius 3 is 3.00 bits per heavy atom. The molecule has 0 saturated heterocycles. The molecule has 18 heavy (non-hydrogen) atoms. The van der Waals surface area contributed by atoms with Crippen LogP contribution in [-0.4, -0.2) is 30.3 Å². The van der Waals surface area contributed by atoms with Crippen molar-refractivity contribution in [3.63, 3.8) is 0 Å². The molecule has 1 heterocycles. The van der Waals surface area contributed by atoms with E-state index in [0.29, 0.717) is 11.4 Å². The predicted octanol–water partition coefficient (Wildman–Crippen LogP) is 1.93. The summed E-state index contributed by atoms with van der Waals surface area (Å²) >= 11 is 1.44. The third kappa shape index (κ3) is 3.31. The maximum atomic E-state index is 11.3. The molecule has 0 aromatic carbocycles. The number of hydrogen-bond donors (Lipinski definition) is 2. The molecule has 1 aromatic rings. The lowest BCUT2D eigenvalue weighted by Gasteiger charge is -2.28. The molecule has 2 N–H and O–H groups in total. The molecule has 0 radical (unpaired) electrons. The zero-order valence-electron chi connectivity index (χ0n) is 10.5. The molecule has 1 aliphatic rings. The number of carbonyl (C=O) groups is 1. The number of nitrogens with one attached hydrogen (secondary N) is 1. The maximum absolute atomic E-state index is 11.3.